The van der Waals surface area contributed by atoms with Gasteiger partial charge in [-0.3, -0.25) is 0 Å². The number of aliphatic hydroxyl groups excluding tert-OH is 1. The Morgan fingerprint density at radius 3 is 3.15 bits per heavy atom. The van der Waals surface area contributed by atoms with Crippen molar-refractivity contribution in [1.29, 1.82) is 0 Å². The van der Waals surface area contributed by atoms with Crippen LogP contribution in [0.15, 0.2) is 18.2 Å². The number of rotatable bonds is 2. The second-order valence-corrected chi connectivity index (χ2v) is 3.46. The lowest BCUT2D eigenvalue weighted by atomic mass is 9.94. The van der Waals surface area contributed by atoms with E-state index in [0.29, 0.717) is 0 Å². The zero-order chi connectivity index (χ0) is 9.10. The average molecular weight is 177 g/mol. The number of hydrogen-bond acceptors (Lipinski definition) is 2. The molecule has 1 aromatic rings. The lowest BCUT2D eigenvalue weighted by molar-refractivity contribution is 0.299. The van der Waals surface area contributed by atoms with Crippen LogP contribution in [0.1, 0.15) is 16.7 Å². The fourth-order valence-corrected chi connectivity index (χ4v) is 1.97. The van der Waals surface area contributed by atoms with Gasteiger partial charge >= 0.3 is 0 Å². The van der Waals surface area contributed by atoms with Gasteiger partial charge in [0, 0.05) is 13.2 Å². The standard InChI is InChI=1S/C11H15NO/c13-7-5-9-2-1-3-10-8-12-6-4-11(9)10/h1-3,12-13H,4-8H2. The number of aliphatic hydroxyl groups is 1. The number of benzene rings is 1. The van der Waals surface area contributed by atoms with Gasteiger partial charge in [-0.2, -0.15) is 0 Å². The number of hydrogen-bond donors (Lipinski definition) is 2. The number of nitrogens with one attached hydrogen (secondary N) is 1. The molecule has 0 atom stereocenters. The first-order valence-corrected chi connectivity index (χ1v) is 4.83. The zero-order valence-corrected chi connectivity index (χ0v) is 7.71. The Morgan fingerprint density at radius 1 is 1.38 bits per heavy atom. The highest BCUT2D eigenvalue weighted by Gasteiger charge is 2.11. The molecular formula is C11H15NO. The van der Waals surface area contributed by atoms with E-state index < -0.39 is 0 Å². The van der Waals surface area contributed by atoms with Crippen molar-refractivity contribution in [3.63, 3.8) is 0 Å². The first-order chi connectivity index (χ1) is 6.42. The van der Waals surface area contributed by atoms with Crippen LogP contribution in [-0.2, 0) is 19.4 Å². The fraction of sp³-hybridized carbons (Fsp3) is 0.455. The van der Waals surface area contributed by atoms with E-state index in [9.17, 15) is 0 Å². The van der Waals surface area contributed by atoms with E-state index in [1.165, 1.54) is 16.7 Å². The van der Waals surface area contributed by atoms with Gasteiger partial charge in [-0.25, -0.2) is 0 Å². The smallest absolute Gasteiger partial charge is 0.0471 e. The maximum absolute atomic E-state index is 8.91. The average Bonchev–Trinajstić information content (AvgIpc) is 2.19. The van der Waals surface area contributed by atoms with E-state index in [4.69, 9.17) is 5.11 Å². The summed E-state index contributed by atoms with van der Waals surface area (Å²) in [6.45, 7) is 2.30. The Kier molecular flexibility index (Phi) is 2.62. The second-order valence-electron chi connectivity index (χ2n) is 3.46. The monoisotopic (exact) mass is 177 g/mol. The topological polar surface area (TPSA) is 32.3 Å². The van der Waals surface area contributed by atoms with Crippen LogP contribution in [0.25, 0.3) is 0 Å². The van der Waals surface area contributed by atoms with Gasteiger partial charge in [0.25, 0.3) is 0 Å². The van der Waals surface area contributed by atoms with Crippen molar-refractivity contribution < 1.29 is 5.11 Å². The molecule has 13 heavy (non-hydrogen) atoms. The van der Waals surface area contributed by atoms with E-state index in [1.54, 1.807) is 0 Å². The van der Waals surface area contributed by atoms with Crippen LogP contribution in [-0.4, -0.2) is 18.3 Å². The highest BCUT2D eigenvalue weighted by molar-refractivity contribution is 5.37. The van der Waals surface area contributed by atoms with Crippen molar-refractivity contribution in [2.45, 2.75) is 19.4 Å². The highest BCUT2D eigenvalue weighted by Crippen LogP contribution is 2.18. The Labute approximate surface area is 78.6 Å². The molecule has 0 spiro atoms. The third kappa shape index (κ3) is 1.74. The molecule has 0 bridgehead atoms. The summed E-state index contributed by atoms with van der Waals surface area (Å²) >= 11 is 0. The predicted molar refractivity (Wildman–Crippen MR) is 52.6 cm³/mol. The van der Waals surface area contributed by atoms with Gasteiger partial charge < -0.3 is 10.4 Å². The molecule has 2 rings (SSSR count). The van der Waals surface area contributed by atoms with Crippen molar-refractivity contribution in [2.24, 2.45) is 0 Å². The molecule has 1 aliphatic rings. The molecule has 0 fully saturated rings. The quantitative estimate of drug-likeness (QED) is 0.702. The normalized spacial score (nSPS) is 15.5. The molecule has 0 radical (unpaired) electrons. The minimum absolute atomic E-state index is 0.254. The molecule has 1 heterocycles. The molecule has 2 nitrogen and oxygen atoms in total. The van der Waals surface area contributed by atoms with E-state index in [2.05, 4.69) is 23.5 Å². The molecule has 0 saturated carbocycles. The molecule has 2 heteroatoms. The van der Waals surface area contributed by atoms with Gasteiger partial charge in [-0.1, -0.05) is 18.2 Å². The summed E-state index contributed by atoms with van der Waals surface area (Å²) in [4.78, 5) is 0. The summed E-state index contributed by atoms with van der Waals surface area (Å²) in [6, 6.07) is 6.37. The summed E-state index contributed by atoms with van der Waals surface area (Å²) in [6.07, 6.45) is 1.90. The van der Waals surface area contributed by atoms with E-state index in [-0.39, 0.29) is 6.61 Å². The Morgan fingerprint density at radius 2 is 2.31 bits per heavy atom. The third-order valence-corrected chi connectivity index (χ3v) is 2.62. The second kappa shape index (κ2) is 3.90. The zero-order valence-electron chi connectivity index (χ0n) is 7.71. The molecule has 0 amide bonds. The lowest BCUT2D eigenvalue weighted by Crippen LogP contribution is -2.24. The van der Waals surface area contributed by atoms with Gasteiger partial charge in [0.15, 0.2) is 0 Å². The fourth-order valence-electron chi connectivity index (χ4n) is 1.97. The third-order valence-electron chi connectivity index (χ3n) is 2.62. The molecule has 0 saturated heterocycles. The van der Waals surface area contributed by atoms with Crippen LogP contribution < -0.4 is 5.32 Å². The lowest BCUT2D eigenvalue weighted by Gasteiger charge is -2.19. The van der Waals surface area contributed by atoms with E-state index in [1.807, 2.05) is 0 Å². The molecule has 0 aromatic heterocycles. The summed E-state index contributed by atoms with van der Waals surface area (Å²) in [5.74, 6) is 0. The highest BCUT2D eigenvalue weighted by atomic mass is 16.2. The van der Waals surface area contributed by atoms with Crippen LogP contribution >= 0.6 is 0 Å². The Hall–Kier alpha value is -0.860. The maximum atomic E-state index is 8.91. The molecule has 0 unspecified atom stereocenters. The van der Waals surface area contributed by atoms with Gasteiger partial charge in [-0.05, 0) is 36.1 Å². The first-order valence-electron chi connectivity index (χ1n) is 4.83. The van der Waals surface area contributed by atoms with Gasteiger partial charge in [0.05, 0.1) is 0 Å². The van der Waals surface area contributed by atoms with Crippen molar-refractivity contribution >= 4 is 0 Å². The molecule has 1 aromatic carbocycles. The van der Waals surface area contributed by atoms with Crippen LogP contribution in [0, 0.1) is 0 Å². The SMILES string of the molecule is OCCc1cccc2c1CCNC2. The first kappa shape index (κ1) is 8.73. The predicted octanol–water partition coefficient (Wildman–Crippen LogP) is 0.867. The van der Waals surface area contributed by atoms with E-state index >= 15 is 0 Å². The molecular weight excluding hydrogens is 162 g/mol. The van der Waals surface area contributed by atoms with Crippen molar-refractivity contribution in [3.05, 3.63) is 34.9 Å². The minimum atomic E-state index is 0.254. The molecule has 70 valence electrons. The number of fused-ring (bicyclic) bond motifs is 1. The Balaban J connectivity index is 2.34. The summed E-state index contributed by atoms with van der Waals surface area (Å²) in [5, 5.41) is 12.3. The van der Waals surface area contributed by atoms with Crippen molar-refractivity contribution in [2.75, 3.05) is 13.2 Å². The van der Waals surface area contributed by atoms with Gasteiger partial charge in [0.2, 0.25) is 0 Å². The summed E-state index contributed by atoms with van der Waals surface area (Å²) < 4.78 is 0. The van der Waals surface area contributed by atoms with Crippen LogP contribution in [0.4, 0.5) is 0 Å². The minimum Gasteiger partial charge on any atom is -0.396 e. The van der Waals surface area contributed by atoms with E-state index in [0.717, 1.165) is 25.9 Å². The largest absolute Gasteiger partial charge is 0.396 e. The summed E-state index contributed by atoms with van der Waals surface area (Å²) in [7, 11) is 0. The van der Waals surface area contributed by atoms with Gasteiger partial charge in [0.1, 0.15) is 0 Å². The molecule has 2 N–H and O–H groups in total. The van der Waals surface area contributed by atoms with Crippen LogP contribution in [0.5, 0.6) is 0 Å². The van der Waals surface area contributed by atoms with Crippen molar-refractivity contribution in [1.82, 2.24) is 5.32 Å². The summed E-state index contributed by atoms with van der Waals surface area (Å²) in [5.41, 5.74) is 4.18. The van der Waals surface area contributed by atoms with Crippen LogP contribution in [0.3, 0.4) is 0 Å². The molecule has 0 aliphatic carbocycles. The maximum Gasteiger partial charge on any atom is 0.0471 e. The van der Waals surface area contributed by atoms with Crippen LogP contribution in [0.2, 0.25) is 0 Å². The van der Waals surface area contributed by atoms with Gasteiger partial charge in [-0.15, -0.1) is 0 Å². The molecule has 1 aliphatic heterocycles. The Bertz CT molecular complexity index is 296. The van der Waals surface area contributed by atoms with Crippen molar-refractivity contribution in [3.8, 4) is 0 Å².